The van der Waals surface area contributed by atoms with Crippen molar-refractivity contribution >= 4 is 23.4 Å². The van der Waals surface area contributed by atoms with Gasteiger partial charge in [-0.05, 0) is 6.92 Å². The van der Waals surface area contributed by atoms with E-state index in [2.05, 4.69) is 4.74 Å². The molecule has 88 valence electrons. The Morgan fingerprint density at radius 1 is 1.62 bits per heavy atom. The van der Waals surface area contributed by atoms with Crippen LogP contribution < -0.4 is 0 Å². The van der Waals surface area contributed by atoms with Gasteiger partial charge in [-0.2, -0.15) is 0 Å². The summed E-state index contributed by atoms with van der Waals surface area (Å²) in [4.78, 5) is 22.8. The topological polar surface area (TPSA) is 83.8 Å². The largest absolute Gasteiger partial charge is 0.467 e. The average molecular weight is 247 g/mol. The lowest BCUT2D eigenvalue weighted by molar-refractivity contribution is -0.169. The summed E-state index contributed by atoms with van der Waals surface area (Å²) in [5, 5.41) is 19.2. The zero-order chi connectivity index (χ0) is 12.5. The van der Waals surface area contributed by atoms with Crippen molar-refractivity contribution in [1.29, 1.82) is 0 Å². The molecule has 0 aromatic heterocycles. The number of hydrogen-bond donors (Lipinski definition) is 2. The van der Waals surface area contributed by atoms with E-state index in [0.717, 1.165) is 7.11 Å². The van der Waals surface area contributed by atoms with Crippen molar-refractivity contribution in [2.45, 2.75) is 18.6 Å². The van der Waals surface area contributed by atoms with Gasteiger partial charge in [0.15, 0.2) is 6.10 Å². The van der Waals surface area contributed by atoms with Crippen LogP contribution in [0.5, 0.6) is 0 Å². The first-order valence-electron chi connectivity index (χ1n) is 4.47. The summed E-state index contributed by atoms with van der Waals surface area (Å²) in [5.41, 5.74) is -2.57. The minimum absolute atomic E-state index is 0.152. The van der Waals surface area contributed by atoms with E-state index in [4.69, 9.17) is 11.6 Å². The third-order valence-corrected chi connectivity index (χ3v) is 2.73. The first kappa shape index (κ1) is 12.9. The molecule has 1 rings (SSSR count). The van der Waals surface area contributed by atoms with Crippen molar-refractivity contribution < 1.29 is 24.5 Å². The van der Waals surface area contributed by atoms with Gasteiger partial charge in [-0.15, -0.1) is 0 Å². The Hall–Kier alpha value is -1.17. The van der Waals surface area contributed by atoms with Crippen LogP contribution in [0.1, 0.15) is 6.92 Å². The molecule has 0 saturated carbocycles. The SMILES string of the molecule is CC=CC1=C(Cl)C(=O)C(O)C1(O)C(=O)OC. The Kier molecular flexibility index (Phi) is 3.52. The summed E-state index contributed by atoms with van der Waals surface area (Å²) in [6.07, 6.45) is 0.836. The Balaban J connectivity index is 3.37. The van der Waals surface area contributed by atoms with Gasteiger partial charge in [-0.1, -0.05) is 23.8 Å². The molecule has 16 heavy (non-hydrogen) atoms. The molecule has 0 amide bonds. The second-order valence-corrected chi connectivity index (χ2v) is 3.63. The quantitative estimate of drug-likeness (QED) is 0.665. The smallest absolute Gasteiger partial charge is 0.345 e. The molecular formula is C10H11ClO5. The number of allylic oxidation sites excluding steroid dienone is 1. The van der Waals surface area contributed by atoms with Crippen LogP contribution >= 0.6 is 11.6 Å². The number of ether oxygens (including phenoxy) is 1. The second-order valence-electron chi connectivity index (χ2n) is 3.25. The van der Waals surface area contributed by atoms with Crippen LogP contribution in [0.25, 0.3) is 0 Å². The van der Waals surface area contributed by atoms with Crippen LogP contribution in [-0.4, -0.2) is 40.8 Å². The number of methoxy groups -OCH3 is 1. The molecule has 0 bridgehead atoms. The first-order valence-corrected chi connectivity index (χ1v) is 4.85. The van der Waals surface area contributed by atoms with Crippen LogP contribution in [0.3, 0.4) is 0 Å². The Labute approximate surface area is 97.0 Å². The maximum Gasteiger partial charge on any atom is 0.345 e. The molecular weight excluding hydrogens is 236 g/mol. The normalized spacial score (nSPS) is 30.3. The number of carbonyl (C=O) groups excluding carboxylic acids is 2. The van der Waals surface area contributed by atoms with Gasteiger partial charge in [0.05, 0.1) is 12.1 Å². The lowest BCUT2D eigenvalue weighted by atomic mass is 9.93. The van der Waals surface area contributed by atoms with Gasteiger partial charge in [0, 0.05) is 5.57 Å². The number of aliphatic hydroxyl groups is 2. The molecule has 0 spiro atoms. The van der Waals surface area contributed by atoms with Crippen LogP contribution in [0.15, 0.2) is 22.8 Å². The maximum absolute atomic E-state index is 11.4. The molecule has 1 aliphatic rings. The monoisotopic (exact) mass is 246 g/mol. The molecule has 0 aromatic carbocycles. The zero-order valence-corrected chi connectivity index (χ0v) is 9.49. The van der Waals surface area contributed by atoms with E-state index in [0.29, 0.717) is 0 Å². The predicted octanol–water partition coefficient (Wildman–Crippen LogP) is -0.0969. The Morgan fingerprint density at radius 3 is 2.62 bits per heavy atom. The summed E-state index contributed by atoms with van der Waals surface area (Å²) in [7, 11) is 1.04. The molecule has 2 atom stereocenters. The van der Waals surface area contributed by atoms with Gasteiger partial charge < -0.3 is 14.9 Å². The minimum atomic E-state index is -2.42. The number of Topliss-reactive ketones (excluding diaryl/α,β-unsaturated/α-hetero) is 1. The molecule has 0 aliphatic heterocycles. The predicted molar refractivity (Wildman–Crippen MR) is 55.7 cm³/mol. The maximum atomic E-state index is 11.4. The minimum Gasteiger partial charge on any atom is -0.467 e. The third kappa shape index (κ3) is 1.57. The van der Waals surface area contributed by atoms with Gasteiger partial charge in [0.2, 0.25) is 11.4 Å². The van der Waals surface area contributed by atoms with Crippen molar-refractivity contribution in [2.24, 2.45) is 0 Å². The van der Waals surface area contributed by atoms with E-state index in [-0.39, 0.29) is 10.6 Å². The van der Waals surface area contributed by atoms with Gasteiger partial charge in [0.25, 0.3) is 0 Å². The fourth-order valence-electron chi connectivity index (χ4n) is 1.50. The standard InChI is InChI=1S/C10H11ClO5/c1-3-4-5-6(11)7(12)8(13)10(5,15)9(14)16-2/h3-4,8,13,15H,1-2H3. The van der Waals surface area contributed by atoms with Crippen molar-refractivity contribution in [3.8, 4) is 0 Å². The van der Waals surface area contributed by atoms with Crippen molar-refractivity contribution in [3.63, 3.8) is 0 Å². The van der Waals surface area contributed by atoms with Crippen LogP contribution in [0.2, 0.25) is 0 Å². The summed E-state index contributed by atoms with van der Waals surface area (Å²) >= 11 is 5.64. The van der Waals surface area contributed by atoms with E-state index in [9.17, 15) is 19.8 Å². The summed E-state index contributed by atoms with van der Waals surface area (Å²) in [5.74, 6) is -2.03. The van der Waals surface area contributed by atoms with Crippen molar-refractivity contribution in [3.05, 3.63) is 22.8 Å². The average Bonchev–Trinajstić information content (AvgIpc) is 2.44. The first-order chi connectivity index (χ1) is 7.41. The number of halogens is 1. The number of rotatable bonds is 2. The molecule has 0 fully saturated rings. The molecule has 5 nitrogen and oxygen atoms in total. The fourth-order valence-corrected chi connectivity index (χ4v) is 1.81. The molecule has 1 aliphatic carbocycles. The summed E-state index contributed by atoms with van der Waals surface area (Å²) < 4.78 is 4.35. The molecule has 2 N–H and O–H groups in total. The lowest BCUT2D eigenvalue weighted by Gasteiger charge is -2.24. The Morgan fingerprint density at radius 2 is 2.19 bits per heavy atom. The third-order valence-electron chi connectivity index (χ3n) is 2.34. The molecule has 0 radical (unpaired) electrons. The fraction of sp³-hybridized carbons (Fsp3) is 0.400. The van der Waals surface area contributed by atoms with Crippen molar-refractivity contribution in [1.82, 2.24) is 0 Å². The molecule has 0 heterocycles. The van der Waals surface area contributed by atoms with E-state index >= 15 is 0 Å². The van der Waals surface area contributed by atoms with Gasteiger partial charge in [-0.3, -0.25) is 4.79 Å². The number of carbonyl (C=O) groups is 2. The second kappa shape index (κ2) is 4.37. The van der Waals surface area contributed by atoms with E-state index in [1.807, 2.05) is 0 Å². The number of esters is 1. The van der Waals surface area contributed by atoms with E-state index < -0.39 is 23.5 Å². The van der Waals surface area contributed by atoms with Crippen molar-refractivity contribution in [2.75, 3.05) is 7.11 Å². The van der Waals surface area contributed by atoms with Crippen LogP contribution in [0, 0.1) is 0 Å². The van der Waals surface area contributed by atoms with Crippen LogP contribution in [0.4, 0.5) is 0 Å². The molecule has 0 aromatic rings. The number of hydrogen-bond acceptors (Lipinski definition) is 5. The number of aliphatic hydroxyl groups excluding tert-OH is 1. The molecule has 0 saturated heterocycles. The Bertz CT molecular complexity index is 398. The molecule has 6 heteroatoms. The highest BCUT2D eigenvalue weighted by atomic mass is 35.5. The zero-order valence-electron chi connectivity index (χ0n) is 8.73. The number of ketones is 1. The highest BCUT2D eigenvalue weighted by molar-refractivity contribution is 6.45. The van der Waals surface area contributed by atoms with E-state index in [1.165, 1.54) is 12.2 Å². The summed E-state index contributed by atoms with van der Waals surface area (Å²) in [6, 6.07) is 0. The highest BCUT2D eigenvalue weighted by Gasteiger charge is 2.57. The highest BCUT2D eigenvalue weighted by Crippen LogP contribution is 2.37. The van der Waals surface area contributed by atoms with Gasteiger partial charge in [-0.25, -0.2) is 4.79 Å². The van der Waals surface area contributed by atoms with E-state index in [1.54, 1.807) is 6.92 Å². The lowest BCUT2D eigenvalue weighted by Crippen LogP contribution is -2.50. The van der Waals surface area contributed by atoms with Crippen LogP contribution in [-0.2, 0) is 14.3 Å². The molecule has 2 unspecified atom stereocenters. The van der Waals surface area contributed by atoms with Gasteiger partial charge in [0.1, 0.15) is 0 Å². The van der Waals surface area contributed by atoms with Gasteiger partial charge >= 0.3 is 5.97 Å². The summed E-state index contributed by atoms with van der Waals surface area (Å²) in [6.45, 7) is 1.62.